The van der Waals surface area contributed by atoms with Gasteiger partial charge in [0.25, 0.3) is 0 Å². The van der Waals surface area contributed by atoms with Gasteiger partial charge in [-0.3, -0.25) is 0 Å². The van der Waals surface area contributed by atoms with Crippen LogP contribution in [0.2, 0.25) is 0 Å². The zero-order chi connectivity index (χ0) is 19.4. The molecule has 0 fully saturated rings. The van der Waals surface area contributed by atoms with Crippen molar-refractivity contribution in [1.82, 2.24) is 4.98 Å². The number of nitrogens with zero attached hydrogens (tertiary/aromatic N) is 1. The van der Waals surface area contributed by atoms with E-state index in [2.05, 4.69) is 6.07 Å². The molecular formula is C22H27NO3S. The molecule has 0 spiro atoms. The Kier molecular flexibility index (Phi) is 6.15. The van der Waals surface area contributed by atoms with Crippen LogP contribution < -0.4 is 4.74 Å². The first-order valence-electron chi connectivity index (χ1n) is 9.23. The predicted octanol–water partition coefficient (Wildman–Crippen LogP) is 5.29. The largest absolute Gasteiger partial charge is 0.496 e. The predicted molar refractivity (Wildman–Crippen MR) is 111 cm³/mol. The lowest BCUT2D eigenvalue weighted by atomic mass is 9.86. The van der Waals surface area contributed by atoms with E-state index in [0.717, 1.165) is 33.8 Å². The lowest BCUT2D eigenvalue weighted by Crippen LogP contribution is -2.33. The van der Waals surface area contributed by atoms with Crippen molar-refractivity contribution in [2.24, 2.45) is 5.41 Å². The summed E-state index contributed by atoms with van der Waals surface area (Å²) in [5.74, 6) is 0.794. The van der Waals surface area contributed by atoms with E-state index in [4.69, 9.17) is 14.5 Å². The van der Waals surface area contributed by atoms with Gasteiger partial charge in [0.1, 0.15) is 10.8 Å². The van der Waals surface area contributed by atoms with Crippen molar-refractivity contribution < 1.29 is 14.6 Å². The quantitative estimate of drug-likeness (QED) is 0.573. The SMILES string of the molecule is CCC(O)C(C)(C)COCc1ccc(-c2nc3ccccc3s2)c(OC)c1. The summed E-state index contributed by atoms with van der Waals surface area (Å²) in [4.78, 5) is 4.72. The number of benzene rings is 2. The first-order valence-corrected chi connectivity index (χ1v) is 10.0. The Morgan fingerprint density at radius 2 is 1.96 bits per heavy atom. The molecule has 5 heteroatoms. The molecule has 0 saturated carbocycles. The number of rotatable bonds is 8. The molecule has 0 amide bonds. The van der Waals surface area contributed by atoms with Crippen molar-refractivity contribution in [3.8, 4) is 16.3 Å². The molecule has 0 radical (unpaired) electrons. The normalized spacial score (nSPS) is 13.1. The second kappa shape index (κ2) is 8.38. The highest BCUT2D eigenvalue weighted by Crippen LogP contribution is 2.36. The average molecular weight is 386 g/mol. The number of methoxy groups -OCH3 is 1. The lowest BCUT2D eigenvalue weighted by molar-refractivity contribution is -0.0302. The van der Waals surface area contributed by atoms with Gasteiger partial charge in [-0.2, -0.15) is 0 Å². The van der Waals surface area contributed by atoms with E-state index in [-0.39, 0.29) is 11.5 Å². The Labute approximate surface area is 164 Å². The van der Waals surface area contributed by atoms with Crippen LogP contribution in [0.5, 0.6) is 5.75 Å². The molecule has 0 bridgehead atoms. The maximum absolute atomic E-state index is 10.1. The smallest absolute Gasteiger partial charge is 0.129 e. The standard InChI is InChI=1S/C22H27NO3S/c1-5-20(24)22(2,3)14-26-13-15-10-11-16(18(12-15)25-4)21-23-17-8-6-7-9-19(17)27-21/h6-12,20,24H,5,13-14H2,1-4H3. The van der Waals surface area contributed by atoms with Crippen LogP contribution in [0.15, 0.2) is 42.5 Å². The second-order valence-electron chi connectivity index (χ2n) is 7.43. The Balaban J connectivity index is 1.74. The molecule has 2 aromatic carbocycles. The minimum atomic E-state index is -0.367. The van der Waals surface area contributed by atoms with E-state index in [9.17, 15) is 5.11 Å². The molecule has 0 aliphatic rings. The Bertz CT molecular complexity index is 870. The number of aliphatic hydroxyl groups is 1. The highest BCUT2D eigenvalue weighted by Gasteiger charge is 2.26. The molecule has 1 unspecified atom stereocenters. The van der Waals surface area contributed by atoms with Crippen LogP contribution in [0.4, 0.5) is 0 Å². The fourth-order valence-corrected chi connectivity index (χ4v) is 4.07. The molecule has 1 atom stereocenters. The number of ether oxygens (including phenoxy) is 2. The fourth-order valence-electron chi connectivity index (χ4n) is 3.07. The summed E-state index contributed by atoms with van der Waals surface area (Å²) >= 11 is 1.66. The van der Waals surface area contributed by atoms with Crippen LogP contribution in [0.25, 0.3) is 20.8 Å². The van der Waals surface area contributed by atoms with Gasteiger partial charge in [0.2, 0.25) is 0 Å². The van der Waals surface area contributed by atoms with Gasteiger partial charge in [-0.15, -0.1) is 11.3 Å². The monoisotopic (exact) mass is 385 g/mol. The summed E-state index contributed by atoms with van der Waals surface area (Å²) in [7, 11) is 1.68. The number of para-hydroxylation sites is 1. The van der Waals surface area contributed by atoms with Gasteiger partial charge in [0.05, 0.1) is 42.2 Å². The number of fused-ring (bicyclic) bond motifs is 1. The van der Waals surface area contributed by atoms with Crippen LogP contribution in [0.3, 0.4) is 0 Å². The van der Waals surface area contributed by atoms with E-state index in [0.29, 0.717) is 13.2 Å². The number of hydrogen-bond donors (Lipinski definition) is 1. The van der Waals surface area contributed by atoms with Crippen molar-refractivity contribution >= 4 is 21.6 Å². The third kappa shape index (κ3) is 4.49. The van der Waals surface area contributed by atoms with Crippen LogP contribution in [-0.4, -0.2) is 29.9 Å². The van der Waals surface area contributed by atoms with Gasteiger partial charge < -0.3 is 14.6 Å². The summed E-state index contributed by atoms with van der Waals surface area (Å²) < 4.78 is 12.6. The Morgan fingerprint density at radius 1 is 1.19 bits per heavy atom. The summed E-state index contributed by atoms with van der Waals surface area (Å²) in [5, 5.41) is 11.0. The third-order valence-corrected chi connectivity index (χ3v) is 5.89. The minimum absolute atomic E-state index is 0.264. The number of thiazole rings is 1. The second-order valence-corrected chi connectivity index (χ2v) is 8.46. The molecule has 0 aliphatic heterocycles. The average Bonchev–Trinajstić information content (AvgIpc) is 3.10. The van der Waals surface area contributed by atoms with Gasteiger partial charge in [-0.05, 0) is 36.2 Å². The highest BCUT2D eigenvalue weighted by molar-refractivity contribution is 7.21. The first kappa shape index (κ1) is 19.8. The van der Waals surface area contributed by atoms with Gasteiger partial charge in [-0.25, -0.2) is 4.98 Å². The summed E-state index contributed by atoms with van der Waals surface area (Å²) in [6.45, 7) is 7.02. The van der Waals surface area contributed by atoms with E-state index < -0.39 is 0 Å². The molecule has 3 aromatic rings. The van der Waals surface area contributed by atoms with Gasteiger partial charge in [0.15, 0.2) is 0 Å². The van der Waals surface area contributed by atoms with E-state index in [1.165, 1.54) is 4.70 Å². The van der Waals surface area contributed by atoms with Crippen LogP contribution >= 0.6 is 11.3 Å². The number of aliphatic hydroxyl groups excluding tert-OH is 1. The van der Waals surface area contributed by atoms with Crippen LogP contribution in [0.1, 0.15) is 32.8 Å². The number of aromatic nitrogens is 1. The van der Waals surface area contributed by atoms with Crippen LogP contribution in [-0.2, 0) is 11.3 Å². The zero-order valence-corrected chi connectivity index (χ0v) is 17.2. The van der Waals surface area contributed by atoms with Gasteiger partial charge in [-0.1, -0.05) is 39.0 Å². The van der Waals surface area contributed by atoms with E-state index >= 15 is 0 Å². The summed E-state index contributed by atoms with van der Waals surface area (Å²) in [6.07, 6.45) is 0.356. The van der Waals surface area contributed by atoms with E-state index in [1.807, 2.05) is 57.2 Å². The van der Waals surface area contributed by atoms with Gasteiger partial charge in [0, 0.05) is 5.41 Å². The minimum Gasteiger partial charge on any atom is -0.496 e. The van der Waals surface area contributed by atoms with Crippen molar-refractivity contribution in [3.63, 3.8) is 0 Å². The molecular weight excluding hydrogens is 358 g/mol. The Morgan fingerprint density at radius 3 is 2.67 bits per heavy atom. The molecule has 1 heterocycles. The topological polar surface area (TPSA) is 51.6 Å². The molecule has 144 valence electrons. The zero-order valence-electron chi connectivity index (χ0n) is 16.4. The fraction of sp³-hybridized carbons (Fsp3) is 0.409. The number of hydrogen-bond acceptors (Lipinski definition) is 5. The van der Waals surface area contributed by atoms with Crippen molar-refractivity contribution in [2.75, 3.05) is 13.7 Å². The molecule has 1 N–H and O–H groups in total. The summed E-state index contributed by atoms with van der Waals surface area (Å²) in [6, 6.07) is 14.2. The first-order chi connectivity index (χ1) is 12.9. The van der Waals surface area contributed by atoms with E-state index in [1.54, 1.807) is 18.4 Å². The highest BCUT2D eigenvalue weighted by atomic mass is 32.1. The molecule has 1 aromatic heterocycles. The maximum atomic E-state index is 10.1. The Hall–Kier alpha value is -1.95. The van der Waals surface area contributed by atoms with Crippen LogP contribution in [0, 0.1) is 5.41 Å². The molecule has 0 saturated heterocycles. The van der Waals surface area contributed by atoms with Crippen molar-refractivity contribution in [3.05, 3.63) is 48.0 Å². The molecule has 27 heavy (non-hydrogen) atoms. The lowest BCUT2D eigenvalue weighted by Gasteiger charge is -2.29. The van der Waals surface area contributed by atoms with Gasteiger partial charge >= 0.3 is 0 Å². The molecule has 0 aliphatic carbocycles. The van der Waals surface area contributed by atoms with Crippen molar-refractivity contribution in [1.29, 1.82) is 0 Å². The molecule has 4 nitrogen and oxygen atoms in total. The van der Waals surface area contributed by atoms with Crippen molar-refractivity contribution in [2.45, 2.75) is 39.9 Å². The molecule has 3 rings (SSSR count). The maximum Gasteiger partial charge on any atom is 0.129 e. The third-order valence-electron chi connectivity index (χ3n) is 4.82. The summed E-state index contributed by atoms with van der Waals surface area (Å²) in [5.41, 5.74) is 2.77.